The summed E-state index contributed by atoms with van der Waals surface area (Å²) in [6.45, 7) is 0.172. The van der Waals surface area contributed by atoms with Crippen molar-refractivity contribution in [1.82, 2.24) is 19.9 Å². The monoisotopic (exact) mass is 422 g/mol. The molecule has 158 valence electrons. The van der Waals surface area contributed by atoms with E-state index < -0.39 is 12.1 Å². The predicted octanol–water partition coefficient (Wildman–Crippen LogP) is 3.28. The summed E-state index contributed by atoms with van der Waals surface area (Å²) in [4.78, 5) is 0. The predicted molar refractivity (Wildman–Crippen MR) is 102 cm³/mol. The molecule has 0 fully saturated rings. The number of hydrogen-bond acceptors (Lipinski definition) is 7. The van der Waals surface area contributed by atoms with Crippen LogP contribution in [0.5, 0.6) is 11.5 Å². The third kappa shape index (κ3) is 4.56. The second-order valence-electron chi connectivity index (χ2n) is 5.80. The highest BCUT2D eigenvalue weighted by Gasteiger charge is 2.33. The van der Waals surface area contributed by atoms with Crippen molar-refractivity contribution in [2.24, 2.45) is 10.3 Å². The van der Waals surface area contributed by atoms with Crippen molar-refractivity contribution in [3.8, 4) is 22.8 Å². The van der Waals surface area contributed by atoms with Crippen molar-refractivity contribution in [2.45, 2.75) is 6.36 Å². The largest absolute Gasteiger partial charge is 0.573 e. The summed E-state index contributed by atoms with van der Waals surface area (Å²) >= 11 is 0. The first-order valence-corrected chi connectivity index (χ1v) is 8.49. The molecule has 0 spiro atoms. The van der Waals surface area contributed by atoms with Crippen LogP contribution in [0.15, 0.2) is 46.9 Å². The molecule has 0 bridgehead atoms. The molecule has 0 saturated carbocycles. The zero-order valence-electron chi connectivity index (χ0n) is 15.9. The third-order valence-electron chi connectivity index (χ3n) is 4.01. The van der Waals surface area contributed by atoms with Gasteiger partial charge in [-0.25, -0.2) is 0 Å². The van der Waals surface area contributed by atoms with Gasteiger partial charge in [0.15, 0.2) is 0 Å². The highest BCUT2D eigenvalue weighted by molar-refractivity contribution is 5.86. The Morgan fingerprint density at radius 3 is 2.73 bits per heavy atom. The number of aromatic nitrogens is 3. The average Bonchev–Trinajstić information content (AvgIpc) is 3.20. The molecule has 3 aromatic rings. The number of rotatable bonds is 7. The van der Waals surface area contributed by atoms with Gasteiger partial charge in [-0.1, -0.05) is 5.22 Å². The quantitative estimate of drug-likeness (QED) is 0.233. The first-order chi connectivity index (χ1) is 14.4. The highest BCUT2D eigenvalue weighted by Crippen LogP contribution is 2.37. The molecule has 0 radical (unpaired) electrons. The number of ether oxygens (including phenoxy) is 2. The maximum absolute atomic E-state index is 12.9. The summed E-state index contributed by atoms with van der Waals surface area (Å²) in [6, 6.07) is 7.45. The Labute approximate surface area is 168 Å². The number of amidine groups is 1. The number of benzene rings is 1. The lowest BCUT2D eigenvalue weighted by Crippen LogP contribution is -2.27. The summed E-state index contributed by atoms with van der Waals surface area (Å²) in [5, 5.41) is 20.5. The van der Waals surface area contributed by atoms with Crippen molar-refractivity contribution in [1.29, 1.82) is 5.53 Å². The van der Waals surface area contributed by atoms with Crippen molar-refractivity contribution in [3.05, 3.63) is 36.5 Å². The van der Waals surface area contributed by atoms with Gasteiger partial charge < -0.3 is 20.1 Å². The van der Waals surface area contributed by atoms with E-state index in [0.29, 0.717) is 17.3 Å². The molecule has 30 heavy (non-hydrogen) atoms. The molecular formula is C17H17F3N8O2. The van der Waals surface area contributed by atoms with E-state index in [4.69, 9.17) is 10.3 Å². The Morgan fingerprint density at radius 2 is 2.07 bits per heavy atom. The smallest absolute Gasteiger partial charge is 0.497 e. The van der Waals surface area contributed by atoms with Crippen LogP contribution in [0.25, 0.3) is 16.8 Å². The lowest BCUT2D eigenvalue weighted by Gasteiger charge is -2.15. The molecule has 3 rings (SSSR count). The molecule has 0 aliphatic heterocycles. The normalized spacial score (nSPS) is 12.0. The molecule has 3 N–H and O–H groups in total. The van der Waals surface area contributed by atoms with E-state index in [2.05, 4.69) is 35.9 Å². The summed E-state index contributed by atoms with van der Waals surface area (Å²) in [7, 11) is 2.96. The summed E-state index contributed by atoms with van der Waals surface area (Å²) in [5.41, 5.74) is 7.58. The van der Waals surface area contributed by atoms with Crippen LogP contribution in [0, 0.1) is 5.53 Å². The van der Waals surface area contributed by atoms with Crippen LogP contribution in [-0.2, 0) is 0 Å². The molecule has 10 nitrogen and oxygen atoms in total. The number of halogens is 3. The van der Waals surface area contributed by atoms with Gasteiger partial charge in [-0.3, -0.25) is 4.40 Å². The van der Waals surface area contributed by atoms with Gasteiger partial charge in [0.05, 0.1) is 19.2 Å². The Balaban J connectivity index is 2.03. The van der Waals surface area contributed by atoms with Gasteiger partial charge in [0, 0.05) is 24.9 Å². The Kier molecular flexibility index (Phi) is 5.99. The molecule has 0 amide bonds. The van der Waals surface area contributed by atoms with Crippen LogP contribution >= 0.6 is 0 Å². The minimum atomic E-state index is -4.89. The van der Waals surface area contributed by atoms with Gasteiger partial charge in [-0.15, -0.1) is 28.5 Å². The number of nitrogens with zero attached hydrogens (tertiary/aromatic N) is 5. The van der Waals surface area contributed by atoms with Crippen molar-refractivity contribution < 1.29 is 22.6 Å². The van der Waals surface area contributed by atoms with Crippen LogP contribution in [0.1, 0.15) is 0 Å². The molecule has 2 aromatic heterocycles. The zero-order chi connectivity index (χ0) is 21.7. The van der Waals surface area contributed by atoms with Gasteiger partial charge >= 0.3 is 6.36 Å². The molecule has 0 aliphatic rings. The van der Waals surface area contributed by atoms with E-state index >= 15 is 0 Å². The summed E-state index contributed by atoms with van der Waals surface area (Å²) in [5.74, 6) is 0.446. The van der Waals surface area contributed by atoms with Crippen molar-refractivity contribution in [3.63, 3.8) is 0 Å². The van der Waals surface area contributed by atoms with Crippen LogP contribution in [0.2, 0.25) is 0 Å². The average molecular weight is 422 g/mol. The Morgan fingerprint density at radius 1 is 1.27 bits per heavy atom. The molecule has 0 saturated heterocycles. The van der Waals surface area contributed by atoms with Gasteiger partial charge in [-0.2, -0.15) is 5.53 Å². The van der Waals surface area contributed by atoms with Crippen molar-refractivity contribution >= 4 is 17.3 Å². The highest BCUT2D eigenvalue weighted by atomic mass is 19.4. The minimum absolute atomic E-state index is 0.0985. The topological polar surface area (TPSA) is 121 Å². The third-order valence-corrected chi connectivity index (χ3v) is 4.01. The lowest BCUT2D eigenvalue weighted by molar-refractivity contribution is -0.274. The number of anilines is 1. The standard InChI is InChI=1S/C17H17F3N8O2/c1-22-14(24-27-21)9-23-16-26-25-15(12-4-3-7-28(12)16)11-6-5-10(29-2)8-13(11)30-17(18,19)20/h3-8H,9H2,1-2H3,(H,23,26)(H2,21,22,24). The fourth-order valence-electron chi connectivity index (χ4n) is 2.70. The Bertz CT molecular complexity index is 1080. The van der Waals surface area contributed by atoms with Crippen LogP contribution < -0.4 is 20.1 Å². The molecule has 0 aliphatic carbocycles. The van der Waals surface area contributed by atoms with Gasteiger partial charge in [-0.05, 0) is 24.3 Å². The second kappa shape index (κ2) is 8.63. The minimum Gasteiger partial charge on any atom is -0.497 e. The summed E-state index contributed by atoms with van der Waals surface area (Å²) < 4.78 is 49.5. The van der Waals surface area contributed by atoms with Gasteiger partial charge in [0.25, 0.3) is 0 Å². The van der Waals surface area contributed by atoms with Crippen LogP contribution in [0.4, 0.5) is 19.1 Å². The Hall–Kier alpha value is -3.90. The van der Waals surface area contributed by atoms with Crippen LogP contribution in [0.3, 0.4) is 0 Å². The SMILES string of the molecule is CN/C(CNc1nnc(-c2ccc(OC)cc2OC(F)(F)F)c2cccn12)=N\N=N. The van der Waals surface area contributed by atoms with E-state index in [0.717, 1.165) is 6.07 Å². The molecule has 0 unspecified atom stereocenters. The van der Waals surface area contributed by atoms with E-state index in [-0.39, 0.29) is 23.6 Å². The van der Waals surface area contributed by atoms with Crippen molar-refractivity contribution in [2.75, 3.05) is 26.0 Å². The number of fused-ring (bicyclic) bond motifs is 1. The first-order valence-electron chi connectivity index (χ1n) is 8.49. The van der Waals surface area contributed by atoms with E-state index in [1.807, 2.05) is 0 Å². The van der Waals surface area contributed by atoms with Crippen LogP contribution in [-0.4, -0.2) is 47.5 Å². The maximum atomic E-state index is 12.9. The fraction of sp³-hybridized carbons (Fsp3) is 0.235. The molecule has 0 atom stereocenters. The van der Waals surface area contributed by atoms with Gasteiger partial charge in [0.2, 0.25) is 5.95 Å². The lowest BCUT2D eigenvalue weighted by atomic mass is 10.1. The van der Waals surface area contributed by atoms with Gasteiger partial charge in [0.1, 0.15) is 23.0 Å². The second-order valence-corrected chi connectivity index (χ2v) is 5.80. The molecule has 13 heteroatoms. The number of alkyl halides is 3. The molecule has 1 aromatic carbocycles. The maximum Gasteiger partial charge on any atom is 0.573 e. The van der Waals surface area contributed by atoms with E-state index in [1.165, 1.54) is 19.2 Å². The number of hydrogen-bond donors (Lipinski definition) is 3. The molecule has 2 heterocycles. The molecular weight excluding hydrogens is 405 g/mol. The van der Waals surface area contributed by atoms with E-state index in [1.54, 1.807) is 29.8 Å². The van der Waals surface area contributed by atoms with E-state index in [9.17, 15) is 13.2 Å². The number of methoxy groups -OCH3 is 1. The number of likely N-dealkylation sites (N-methyl/N-ethyl adjacent to an activating group) is 1. The number of nitrogens with one attached hydrogen (secondary N) is 3. The fourth-order valence-corrected chi connectivity index (χ4v) is 2.70. The summed E-state index contributed by atoms with van der Waals surface area (Å²) in [6.07, 6.45) is -3.21. The first kappa shape index (κ1) is 20.8. The zero-order valence-corrected chi connectivity index (χ0v) is 15.9.